The molecule has 4 nitrogen and oxygen atoms in total. The maximum atomic E-state index is 11.5. The third-order valence-electron chi connectivity index (χ3n) is 1.48. The second-order valence-corrected chi connectivity index (χ2v) is 4.09. The third-order valence-corrected chi connectivity index (χ3v) is 2.50. The maximum absolute atomic E-state index is 11.5. The van der Waals surface area contributed by atoms with Crippen molar-refractivity contribution in [1.82, 2.24) is 10.3 Å². The predicted molar refractivity (Wildman–Crippen MR) is 63.0 cm³/mol. The number of hydrogen-bond donors (Lipinski definition) is 2. The molecule has 80 valence electrons. The number of rotatable bonds is 1. The van der Waals surface area contributed by atoms with E-state index in [9.17, 15) is 4.79 Å². The topological polar surface area (TPSA) is 65.8 Å². The predicted octanol–water partition coefficient (Wildman–Crippen LogP) is 2.42. The Hall–Kier alpha value is -0.780. The minimum Gasteiger partial charge on any atom is -0.301 e. The van der Waals surface area contributed by atoms with Crippen molar-refractivity contribution in [1.29, 1.82) is 5.41 Å². The lowest BCUT2D eigenvalue weighted by molar-refractivity contribution is 0.0977. The Morgan fingerprint density at radius 2 is 2.27 bits per heavy atom. The third kappa shape index (κ3) is 3.37. The molecule has 0 aliphatic carbocycles. The monoisotopic (exact) mass is 263 g/mol. The molecule has 2 N–H and O–H groups in total. The van der Waals surface area contributed by atoms with Crippen LogP contribution in [0.1, 0.15) is 10.4 Å². The van der Waals surface area contributed by atoms with Gasteiger partial charge in [-0.1, -0.05) is 35.0 Å². The lowest BCUT2D eigenvalue weighted by Crippen LogP contribution is -2.27. The molecule has 0 unspecified atom stereocenters. The first-order valence-corrected chi connectivity index (χ1v) is 5.77. The Morgan fingerprint density at radius 3 is 2.87 bits per heavy atom. The summed E-state index contributed by atoms with van der Waals surface area (Å²) in [6.45, 7) is 0. The van der Waals surface area contributed by atoms with Crippen LogP contribution in [0.25, 0.3) is 0 Å². The van der Waals surface area contributed by atoms with Gasteiger partial charge in [-0.2, -0.15) is 0 Å². The summed E-state index contributed by atoms with van der Waals surface area (Å²) in [5.41, 5.74) is 0.156. The normalized spacial score (nSPS) is 9.80. The SMILES string of the molecule is CSC(=N)NC(=O)c1cc(Cl)cnc1Cl. The van der Waals surface area contributed by atoms with Gasteiger partial charge in [0.1, 0.15) is 5.15 Å². The van der Waals surface area contributed by atoms with Crippen molar-refractivity contribution in [2.24, 2.45) is 0 Å². The average molecular weight is 264 g/mol. The summed E-state index contributed by atoms with van der Waals surface area (Å²) in [6, 6.07) is 1.40. The fourth-order valence-corrected chi connectivity index (χ4v) is 1.35. The molecule has 1 rings (SSSR count). The summed E-state index contributed by atoms with van der Waals surface area (Å²) in [5, 5.41) is 10.0. The number of aromatic nitrogens is 1. The van der Waals surface area contributed by atoms with Gasteiger partial charge in [-0.3, -0.25) is 10.2 Å². The summed E-state index contributed by atoms with van der Waals surface area (Å²) in [4.78, 5) is 15.3. The van der Waals surface area contributed by atoms with Crippen LogP contribution in [0, 0.1) is 5.41 Å². The highest BCUT2D eigenvalue weighted by atomic mass is 35.5. The van der Waals surface area contributed by atoms with Crippen LogP contribution < -0.4 is 5.32 Å². The van der Waals surface area contributed by atoms with Crippen LogP contribution in [0.2, 0.25) is 10.2 Å². The number of pyridine rings is 1. The van der Waals surface area contributed by atoms with Gasteiger partial charge < -0.3 is 5.32 Å². The van der Waals surface area contributed by atoms with Crippen molar-refractivity contribution >= 4 is 46.0 Å². The fourth-order valence-electron chi connectivity index (χ4n) is 0.803. The van der Waals surface area contributed by atoms with E-state index < -0.39 is 5.91 Å². The Morgan fingerprint density at radius 1 is 1.60 bits per heavy atom. The maximum Gasteiger partial charge on any atom is 0.260 e. The number of amides is 1. The number of amidine groups is 1. The van der Waals surface area contributed by atoms with Crippen LogP contribution in [0.15, 0.2) is 12.3 Å². The van der Waals surface area contributed by atoms with Crippen LogP contribution >= 0.6 is 35.0 Å². The molecule has 0 radical (unpaired) electrons. The molecule has 0 aromatic carbocycles. The molecular formula is C8H7Cl2N3OS. The molecule has 7 heteroatoms. The van der Waals surface area contributed by atoms with Crippen molar-refractivity contribution in [2.75, 3.05) is 6.26 Å². The molecule has 1 aromatic heterocycles. The lowest BCUT2D eigenvalue weighted by Gasteiger charge is -2.05. The molecule has 1 amide bonds. The molecule has 0 saturated heterocycles. The molecule has 0 atom stereocenters. The molecule has 0 aliphatic rings. The molecule has 0 aliphatic heterocycles. The summed E-state index contributed by atoms with van der Waals surface area (Å²) >= 11 is 12.5. The Kier molecular flexibility index (Phi) is 4.38. The summed E-state index contributed by atoms with van der Waals surface area (Å²) < 4.78 is 0. The van der Waals surface area contributed by atoms with Gasteiger partial charge in [0.05, 0.1) is 10.6 Å². The minimum absolute atomic E-state index is 0.0380. The number of nitrogens with zero attached hydrogens (tertiary/aromatic N) is 1. The van der Waals surface area contributed by atoms with Gasteiger partial charge in [0.2, 0.25) is 0 Å². The van der Waals surface area contributed by atoms with Crippen LogP contribution in [-0.2, 0) is 0 Å². The Bertz CT molecular complexity index is 411. The van der Waals surface area contributed by atoms with Crippen LogP contribution in [-0.4, -0.2) is 22.3 Å². The van der Waals surface area contributed by atoms with Gasteiger partial charge >= 0.3 is 0 Å². The Labute approximate surface area is 101 Å². The van der Waals surface area contributed by atoms with E-state index in [1.165, 1.54) is 12.3 Å². The van der Waals surface area contributed by atoms with Gasteiger partial charge in [-0.25, -0.2) is 4.98 Å². The van der Waals surface area contributed by atoms with E-state index in [-0.39, 0.29) is 15.9 Å². The van der Waals surface area contributed by atoms with Gasteiger partial charge in [0.15, 0.2) is 5.17 Å². The number of hydrogen-bond acceptors (Lipinski definition) is 4. The first-order chi connectivity index (χ1) is 7.04. The molecule has 15 heavy (non-hydrogen) atoms. The zero-order valence-corrected chi connectivity index (χ0v) is 10.0. The number of nitrogens with one attached hydrogen (secondary N) is 2. The van der Waals surface area contributed by atoms with Crippen molar-refractivity contribution in [3.63, 3.8) is 0 Å². The summed E-state index contributed by atoms with van der Waals surface area (Å²) in [7, 11) is 0. The molecule has 0 bridgehead atoms. The van der Waals surface area contributed by atoms with E-state index in [2.05, 4.69) is 10.3 Å². The smallest absolute Gasteiger partial charge is 0.260 e. The molecule has 1 heterocycles. The molecule has 0 fully saturated rings. The highest BCUT2D eigenvalue weighted by Crippen LogP contribution is 2.17. The summed E-state index contributed by atoms with van der Waals surface area (Å²) in [6.07, 6.45) is 3.03. The first-order valence-electron chi connectivity index (χ1n) is 3.79. The number of halogens is 2. The molecule has 1 aromatic rings. The Balaban J connectivity index is 2.91. The van der Waals surface area contributed by atoms with Gasteiger partial charge in [0.25, 0.3) is 5.91 Å². The van der Waals surface area contributed by atoms with Crippen molar-refractivity contribution in [2.45, 2.75) is 0 Å². The highest BCUT2D eigenvalue weighted by molar-refractivity contribution is 8.13. The van der Waals surface area contributed by atoms with E-state index in [4.69, 9.17) is 28.6 Å². The lowest BCUT2D eigenvalue weighted by atomic mass is 10.3. The second-order valence-electron chi connectivity index (χ2n) is 2.48. The molecular weight excluding hydrogens is 257 g/mol. The van der Waals surface area contributed by atoms with Gasteiger partial charge in [-0.05, 0) is 12.3 Å². The van der Waals surface area contributed by atoms with Crippen LogP contribution in [0.3, 0.4) is 0 Å². The van der Waals surface area contributed by atoms with E-state index in [1.807, 2.05) is 0 Å². The standard InChI is InChI=1S/C8H7Cl2N3OS/c1-15-8(11)13-7(14)5-2-4(9)3-12-6(5)10/h2-3H,1H3,(H2,11,13,14). The number of thioether (sulfide) groups is 1. The zero-order chi connectivity index (χ0) is 11.4. The average Bonchev–Trinajstić information content (AvgIpc) is 2.21. The van der Waals surface area contributed by atoms with Crippen molar-refractivity contribution < 1.29 is 4.79 Å². The van der Waals surface area contributed by atoms with Gasteiger partial charge in [0, 0.05) is 6.20 Å². The first kappa shape index (κ1) is 12.3. The fraction of sp³-hybridized carbons (Fsp3) is 0.125. The number of carbonyl (C=O) groups excluding carboxylic acids is 1. The highest BCUT2D eigenvalue weighted by Gasteiger charge is 2.13. The molecule has 0 saturated carbocycles. The van der Waals surface area contributed by atoms with Gasteiger partial charge in [-0.15, -0.1) is 0 Å². The van der Waals surface area contributed by atoms with Crippen molar-refractivity contribution in [3.05, 3.63) is 28.0 Å². The molecule has 0 spiro atoms. The van der Waals surface area contributed by atoms with E-state index in [1.54, 1.807) is 6.26 Å². The van der Waals surface area contributed by atoms with E-state index >= 15 is 0 Å². The largest absolute Gasteiger partial charge is 0.301 e. The number of carbonyl (C=O) groups is 1. The minimum atomic E-state index is -0.491. The van der Waals surface area contributed by atoms with Crippen molar-refractivity contribution in [3.8, 4) is 0 Å². The summed E-state index contributed by atoms with van der Waals surface area (Å²) in [5.74, 6) is -0.491. The zero-order valence-electron chi connectivity index (χ0n) is 7.67. The van der Waals surface area contributed by atoms with E-state index in [0.717, 1.165) is 11.8 Å². The van der Waals surface area contributed by atoms with Crippen LogP contribution in [0.4, 0.5) is 0 Å². The van der Waals surface area contributed by atoms with E-state index in [0.29, 0.717) is 5.02 Å². The second kappa shape index (κ2) is 5.34. The van der Waals surface area contributed by atoms with Crippen LogP contribution in [0.5, 0.6) is 0 Å². The quantitative estimate of drug-likeness (QED) is 0.465.